The maximum Gasteiger partial charge on any atom is 0.272 e. The largest absolute Gasteiger partial charge is 0.380 e. The van der Waals surface area contributed by atoms with Crippen molar-refractivity contribution in [3.8, 4) is 0 Å². The summed E-state index contributed by atoms with van der Waals surface area (Å²) in [7, 11) is 0. The van der Waals surface area contributed by atoms with Crippen LogP contribution >= 0.6 is 0 Å². The van der Waals surface area contributed by atoms with Crippen LogP contribution in [0.1, 0.15) is 49.8 Å². The number of aryl methyl sites for hydroxylation is 1. The lowest BCUT2D eigenvalue weighted by Crippen LogP contribution is -2.45. The van der Waals surface area contributed by atoms with Gasteiger partial charge in [-0.05, 0) is 45.1 Å². The van der Waals surface area contributed by atoms with E-state index < -0.39 is 16.4 Å². The van der Waals surface area contributed by atoms with E-state index in [1.807, 2.05) is 0 Å². The summed E-state index contributed by atoms with van der Waals surface area (Å²) in [6, 6.07) is 4.51. The zero-order chi connectivity index (χ0) is 15.6. The first-order chi connectivity index (χ1) is 9.83. The highest BCUT2D eigenvalue weighted by Crippen LogP contribution is 2.30. The van der Waals surface area contributed by atoms with Crippen molar-refractivity contribution in [1.29, 1.82) is 0 Å². The normalized spacial score (nSPS) is 18.2. The molecule has 2 N–H and O–H groups in total. The van der Waals surface area contributed by atoms with E-state index in [9.17, 15) is 20.0 Å². The van der Waals surface area contributed by atoms with Crippen molar-refractivity contribution < 1.29 is 14.8 Å². The van der Waals surface area contributed by atoms with Gasteiger partial charge < -0.3 is 10.4 Å². The predicted molar refractivity (Wildman–Crippen MR) is 77.8 cm³/mol. The number of benzene rings is 1. The monoisotopic (exact) mass is 292 g/mol. The van der Waals surface area contributed by atoms with Crippen LogP contribution in [-0.4, -0.2) is 21.5 Å². The second-order valence-corrected chi connectivity index (χ2v) is 5.74. The molecule has 1 aromatic carbocycles. The van der Waals surface area contributed by atoms with Crippen molar-refractivity contribution in [3.63, 3.8) is 0 Å². The van der Waals surface area contributed by atoms with E-state index in [2.05, 4.69) is 5.32 Å². The number of amides is 1. The zero-order valence-electron chi connectivity index (χ0n) is 12.3. The Morgan fingerprint density at radius 2 is 2.05 bits per heavy atom. The second-order valence-electron chi connectivity index (χ2n) is 5.74. The molecule has 1 aliphatic rings. The van der Waals surface area contributed by atoms with E-state index in [-0.39, 0.29) is 11.7 Å². The van der Waals surface area contributed by atoms with E-state index in [1.165, 1.54) is 6.07 Å². The topological polar surface area (TPSA) is 92.5 Å². The third kappa shape index (κ3) is 3.21. The van der Waals surface area contributed by atoms with Crippen molar-refractivity contribution in [2.75, 3.05) is 0 Å². The van der Waals surface area contributed by atoms with Gasteiger partial charge in [-0.1, -0.05) is 12.1 Å². The van der Waals surface area contributed by atoms with Gasteiger partial charge in [0.1, 0.15) is 5.60 Å². The Balaban J connectivity index is 2.13. The van der Waals surface area contributed by atoms with Gasteiger partial charge in [-0.15, -0.1) is 0 Å². The Bertz CT molecular complexity index is 565. The zero-order valence-corrected chi connectivity index (χ0v) is 12.3. The van der Waals surface area contributed by atoms with Gasteiger partial charge in [0.15, 0.2) is 0 Å². The van der Waals surface area contributed by atoms with Crippen LogP contribution in [0.5, 0.6) is 0 Å². The Labute approximate surface area is 123 Å². The maximum atomic E-state index is 12.1. The van der Waals surface area contributed by atoms with Crippen LogP contribution in [0.4, 0.5) is 5.69 Å². The summed E-state index contributed by atoms with van der Waals surface area (Å²) in [4.78, 5) is 22.7. The van der Waals surface area contributed by atoms with Crippen LogP contribution in [0, 0.1) is 17.0 Å². The number of nitro benzene ring substituents is 1. The van der Waals surface area contributed by atoms with Crippen LogP contribution < -0.4 is 5.32 Å². The third-order valence-electron chi connectivity index (χ3n) is 4.13. The molecule has 1 unspecified atom stereocenters. The lowest BCUT2D eigenvalue weighted by molar-refractivity contribution is -0.385. The van der Waals surface area contributed by atoms with Crippen molar-refractivity contribution in [2.45, 2.75) is 51.2 Å². The lowest BCUT2D eigenvalue weighted by Gasteiger charge is -2.24. The minimum absolute atomic E-state index is 0.0353. The number of hydrogen-bond donors (Lipinski definition) is 2. The van der Waals surface area contributed by atoms with Crippen molar-refractivity contribution >= 4 is 11.6 Å². The van der Waals surface area contributed by atoms with Gasteiger partial charge >= 0.3 is 0 Å². The Morgan fingerprint density at radius 3 is 2.62 bits per heavy atom. The Kier molecular flexibility index (Phi) is 4.27. The number of carbonyl (C=O) groups excluding carboxylic acids is 1. The molecular weight excluding hydrogens is 272 g/mol. The molecule has 1 fully saturated rings. The molecule has 0 aliphatic heterocycles. The first-order valence-corrected chi connectivity index (χ1v) is 7.12. The maximum absolute atomic E-state index is 12.1. The van der Waals surface area contributed by atoms with E-state index in [0.29, 0.717) is 24.0 Å². The first-order valence-electron chi connectivity index (χ1n) is 7.12. The van der Waals surface area contributed by atoms with E-state index in [1.54, 1.807) is 26.0 Å². The molecule has 6 heteroatoms. The predicted octanol–water partition coefficient (Wildman–Crippen LogP) is 2.39. The molecule has 21 heavy (non-hydrogen) atoms. The van der Waals surface area contributed by atoms with Gasteiger partial charge in [0.05, 0.1) is 11.0 Å². The van der Waals surface area contributed by atoms with Crippen molar-refractivity contribution in [1.82, 2.24) is 5.32 Å². The smallest absolute Gasteiger partial charge is 0.272 e. The van der Waals surface area contributed by atoms with Gasteiger partial charge in [-0.3, -0.25) is 14.9 Å². The molecule has 1 atom stereocenters. The van der Waals surface area contributed by atoms with Gasteiger partial charge in [-0.2, -0.15) is 0 Å². The number of rotatable bonds is 4. The fraction of sp³-hybridized carbons (Fsp3) is 0.533. The summed E-state index contributed by atoms with van der Waals surface area (Å²) in [5.74, 6) is -0.393. The van der Waals surface area contributed by atoms with Crippen LogP contribution in [0.25, 0.3) is 0 Å². The molecule has 0 aromatic heterocycles. The summed E-state index contributed by atoms with van der Waals surface area (Å²) in [5, 5.41) is 23.9. The van der Waals surface area contributed by atoms with Crippen LogP contribution in [0.3, 0.4) is 0 Å². The molecule has 6 nitrogen and oxygen atoms in total. The van der Waals surface area contributed by atoms with Crippen LogP contribution in [0.2, 0.25) is 0 Å². The van der Waals surface area contributed by atoms with E-state index >= 15 is 0 Å². The molecule has 114 valence electrons. The van der Waals surface area contributed by atoms with Gasteiger partial charge in [0.25, 0.3) is 11.6 Å². The van der Waals surface area contributed by atoms with Crippen LogP contribution in [-0.2, 0) is 4.79 Å². The summed E-state index contributed by atoms with van der Waals surface area (Å²) in [6.45, 7) is 3.43. The lowest BCUT2D eigenvalue weighted by atomic mass is 9.99. The average Bonchev–Trinajstić information content (AvgIpc) is 2.87. The van der Waals surface area contributed by atoms with Crippen molar-refractivity contribution in [3.05, 3.63) is 39.4 Å². The molecule has 1 amide bonds. The van der Waals surface area contributed by atoms with E-state index in [0.717, 1.165) is 12.8 Å². The summed E-state index contributed by atoms with van der Waals surface area (Å²) < 4.78 is 0. The van der Waals surface area contributed by atoms with E-state index in [4.69, 9.17) is 0 Å². The van der Waals surface area contributed by atoms with Crippen LogP contribution in [0.15, 0.2) is 18.2 Å². The SMILES string of the molecule is Cc1ccc(C(C)NC(=O)C2(O)CCCC2)cc1[N+](=O)[O-]. The number of aliphatic hydroxyl groups is 1. The van der Waals surface area contributed by atoms with Crippen molar-refractivity contribution in [2.24, 2.45) is 0 Å². The van der Waals surface area contributed by atoms with Gasteiger partial charge in [0, 0.05) is 11.6 Å². The Morgan fingerprint density at radius 1 is 1.43 bits per heavy atom. The third-order valence-corrected chi connectivity index (χ3v) is 4.13. The second kappa shape index (κ2) is 5.81. The molecule has 0 bridgehead atoms. The molecule has 1 saturated carbocycles. The standard InChI is InChI=1S/C15H20N2O4/c1-10-5-6-12(9-13(10)17(20)21)11(2)16-14(18)15(19)7-3-4-8-15/h5-6,9,11,19H,3-4,7-8H2,1-2H3,(H,16,18). The molecular formula is C15H20N2O4. The fourth-order valence-corrected chi connectivity index (χ4v) is 2.69. The molecule has 1 aliphatic carbocycles. The number of nitrogens with zero attached hydrogens (tertiary/aromatic N) is 1. The van der Waals surface area contributed by atoms with Gasteiger partial charge in [-0.25, -0.2) is 0 Å². The highest BCUT2D eigenvalue weighted by molar-refractivity contribution is 5.85. The first kappa shape index (κ1) is 15.4. The quantitative estimate of drug-likeness (QED) is 0.658. The minimum Gasteiger partial charge on any atom is -0.380 e. The number of nitro groups is 1. The molecule has 0 heterocycles. The highest BCUT2D eigenvalue weighted by Gasteiger charge is 2.39. The minimum atomic E-state index is -1.29. The number of nitrogens with one attached hydrogen (secondary N) is 1. The molecule has 0 spiro atoms. The molecule has 0 radical (unpaired) electrons. The summed E-state index contributed by atoms with van der Waals surface area (Å²) in [5.41, 5.74) is -0.0163. The molecule has 2 rings (SSSR count). The highest BCUT2D eigenvalue weighted by atomic mass is 16.6. The Hall–Kier alpha value is -1.95. The average molecular weight is 292 g/mol. The summed E-state index contributed by atoms with van der Waals surface area (Å²) >= 11 is 0. The molecule has 0 saturated heterocycles. The fourth-order valence-electron chi connectivity index (χ4n) is 2.69. The summed E-state index contributed by atoms with van der Waals surface area (Å²) in [6.07, 6.45) is 2.63. The number of carbonyl (C=O) groups is 1. The molecule has 1 aromatic rings. The van der Waals surface area contributed by atoms with Gasteiger partial charge in [0.2, 0.25) is 0 Å². The number of hydrogen-bond acceptors (Lipinski definition) is 4.